The Balaban J connectivity index is 2.85. The number of rotatable bonds is 4. The quantitative estimate of drug-likeness (QED) is 0.864. The van der Waals surface area contributed by atoms with Gasteiger partial charge in [0.15, 0.2) is 0 Å². The van der Waals surface area contributed by atoms with Crippen molar-refractivity contribution in [2.45, 2.75) is 54.0 Å². The third-order valence-electron chi connectivity index (χ3n) is 2.61. The maximum absolute atomic E-state index is 4.67. The predicted molar refractivity (Wildman–Crippen MR) is 72.1 cm³/mol. The van der Waals surface area contributed by atoms with Gasteiger partial charge in [-0.3, -0.25) is 0 Å². The third-order valence-corrected chi connectivity index (χ3v) is 3.80. The number of aromatic nitrogens is 1. The maximum Gasteiger partial charge on any atom is 0.110 e. The molecule has 0 saturated heterocycles. The van der Waals surface area contributed by atoms with E-state index < -0.39 is 0 Å². The van der Waals surface area contributed by atoms with Crippen molar-refractivity contribution in [3.63, 3.8) is 0 Å². The first kappa shape index (κ1) is 13.7. The van der Waals surface area contributed by atoms with Crippen molar-refractivity contribution in [1.29, 1.82) is 0 Å². The Morgan fingerprint density at radius 3 is 2.31 bits per heavy atom. The van der Waals surface area contributed by atoms with Crippen molar-refractivity contribution >= 4 is 11.3 Å². The highest BCUT2D eigenvalue weighted by Gasteiger charge is 2.22. The van der Waals surface area contributed by atoms with E-state index in [9.17, 15) is 0 Å². The molecule has 0 saturated carbocycles. The molecule has 1 unspecified atom stereocenters. The highest BCUT2D eigenvalue weighted by atomic mass is 32.1. The average molecular weight is 240 g/mol. The van der Waals surface area contributed by atoms with Gasteiger partial charge in [-0.1, -0.05) is 27.7 Å². The van der Waals surface area contributed by atoms with Crippen LogP contribution >= 0.6 is 11.3 Å². The zero-order valence-corrected chi connectivity index (χ0v) is 12.2. The summed E-state index contributed by atoms with van der Waals surface area (Å²) in [5.74, 6) is 0. The van der Waals surface area contributed by atoms with E-state index in [0.29, 0.717) is 11.5 Å². The largest absolute Gasteiger partial charge is 0.308 e. The van der Waals surface area contributed by atoms with E-state index in [-0.39, 0.29) is 0 Å². The van der Waals surface area contributed by atoms with Crippen LogP contribution < -0.4 is 5.32 Å². The highest BCUT2D eigenvalue weighted by molar-refractivity contribution is 7.11. The second-order valence-corrected chi connectivity index (χ2v) is 6.80. The van der Waals surface area contributed by atoms with Gasteiger partial charge in [0.2, 0.25) is 0 Å². The van der Waals surface area contributed by atoms with E-state index in [1.807, 2.05) is 11.3 Å². The SMILES string of the molecule is CCNC(CC(C)(C)C)c1nc(C)c(C)s1. The molecule has 0 bridgehead atoms. The molecule has 0 amide bonds. The predicted octanol–water partition coefficient (Wildman–Crippen LogP) is 3.85. The smallest absolute Gasteiger partial charge is 0.110 e. The summed E-state index contributed by atoms with van der Waals surface area (Å²) < 4.78 is 0. The molecule has 0 aliphatic carbocycles. The molecule has 1 heterocycles. The Labute approximate surface area is 103 Å². The second-order valence-electron chi connectivity index (χ2n) is 5.57. The number of aryl methyl sites for hydroxylation is 2. The first-order chi connectivity index (χ1) is 7.33. The standard InChI is InChI=1S/C13H24N2S/c1-7-14-11(8-13(4,5)6)12-15-9(2)10(3)16-12/h11,14H,7-8H2,1-6H3. The van der Waals surface area contributed by atoms with Crippen LogP contribution in [0.5, 0.6) is 0 Å². The molecule has 0 radical (unpaired) electrons. The van der Waals surface area contributed by atoms with Crippen LogP contribution in [-0.2, 0) is 0 Å². The summed E-state index contributed by atoms with van der Waals surface area (Å²) in [6.07, 6.45) is 1.13. The van der Waals surface area contributed by atoms with E-state index in [0.717, 1.165) is 13.0 Å². The van der Waals surface area contributed by atoms with Crippen molar-refractivity contribution in [3.05, 3.63) is 15.6 Å². The molecular weight excluding hydrogens is 216 g/mol. The molecule has 2 nitrogen and oxygen atoms in total. The summed E-state index contributed by atoms with van der Waals surface area (Å²) in [7, 11) is 0. The zero-order chi connectivity index (χ0) is 12.3. The molecule has 1 atom stereocenters. The summed E-state index contributed by atoms with van der Waals surface area (Å²) in [4.78, 5) is 6.01. The number of nitrogens with one attached hydrogen (secondary N) is 1. The molecule has 16 heavy (non-hydrogen) atoms. The minimum atomic E-state index is 0.334. The lowest BCUT2D eigenvalue weighted by Gasteiger charge is -2.25. The molecule has 1 N–H and O–H groups in total. The molecule has 0 aliphatic rings. The van der Waals surface area contributed by atoms with E-state index >= 15 is 0 Å². The first-order valence-electron chi connectivity index (χ1n) is 6.01. The fourth-order valence-electron chi connectivity index (χ4n) is 1.75. The molecule has 3 heteroatoms. The monoisotopic (exact) mass is 240 g/mol. The van der Waals surface area contributed by atoms with Crippen molar-refractivity contribution < 1.29 is 0 Å². The van der Waals surface area contributed by atoms with Crippen molar-refractivity contribution in [2.24, 2.45) is 5.41 Å². The number of nitrogens with zero attached hydrogens (tertiary/aromatic N) is 1. The fourth-order valence-corrected chi connectivity index (χ4v) is 2.75. The van der Waals surface area contributed by atoms with Crippen LogP contribution in [0, 0.1) is 19.3 Å². The van der Waals surface area contributed by atoms with Crippen molar-refractivity contribution in [1.82, 2.24) is 10.3 Å². The molecule has 1 aromatic heterocycles. The van der Waals surface area contributed by atoms with Gasteiger partial charge >= 0.3 is 0 Å². The third kappa shape index (κ3) is 3.87. The van der Waals surface area contributed by atoms with Gasteiger partial charge in [0.25, 0.3) is 0 Å². The lowest BCUT2D eigenvalue weighted by molar-refractivity contribution is 0.313. The minimum Gasteiger partial charge on any atom is -0.308 e. The number of hydrogen-bond acceptors (Lipinski definition) is 3. The molecule has 0 fully saturated rings. The van der Waals surface area contributed by atoms with Crippen LogP contribution in [0.2, 0.25) is 0 Å². The lowest BCUT2D eigenvalue weighted by atomic mass is 9.88. The van der Waals surface area contributed by atoms with Gasteiger partial charge in [0.1, 0.15) is 5.01 Å². The van der Waals surface area contributed by atoms with E-state index in [4.69, 9.17) is 0 Å². The average Bonchev–Trinajstić information content (AvgIpc) is 2.44. The van der Waals surface area contributed by atoms with Gasteiger partial charge in [-0.2, -0.15) is 0 Å². The van der Waals surface area contributed by atoms with E-state index in [1.54, 1.807) is 0 Å². The Hall–Kier alpha value is -0.410. The van der Waals surface area contributed by atoms with Crippen LogP contribution in [0.3, 0.4) is 0 Å². The summed E-state index contributed by atoms with van der Waals surface area (Å²) in [5.41, 5.74) is 1.51. The van der Waals surface area contributed by atoms with Crippen LogP contribution in [0.15, 0.2) is 0 Å². The summed E-state index contributed by atoms with van der Waals surface area (Å²) in [6.45, 7) is 14.2. The topological polar surface area (TPSA) is 24.9 Å². The molecule has 1 aromatic rings. The van der Waals surface area contributed by atoms with Gasteiger partial charge in [-0.25, -0.2) is 4.98 Å². The van der Waals surface area contributed by atoms with E-state index in [2.05, 4.69) is 51.8 Å². The van der Waals surface area contributed by atoms with Gasteiger partial charge in [0.05, 0.1) is 11.7 Å². The number of thiazole rings is 1. The Bertz CT molecular complexity index is 317. The maximum atomic E-state index is 4.67. The van der Waals surface area contributed by atoms with Crippen molar-refractivity contribution in [2.75, 3.05) is 6.54 Å². The van der Waals surface area contributed by atoms with Crippen LogP contribution in [0.25, 0.3) is 0 Å². The van der Waals surface area contributed by atoms with Gasteiger partial charge in [0, 0.05) is 4.88 Å². The number of hydrogen-bond donors (Lipinski definition) is 1. The van der Waals surface area contributed by atoms with Gasteiger partial charge < -0.3 is 5.32 Å². The molecule has 0 spiro atoms. The van der Waals surface area contributed by atoms with Crippen LogP contribution in [0.4, 0.5) is 0 Å². The second kappa shape index (κ2) is 5.28. The normalized spacial score (nSPS) is 14.1. The summed E-state index contributed by atoms with van der Waals surface area (Å²) in [6, 6.07) is 0.405. The lowest BCUT2D eigenvalue weighted by Crippen LogP contribution is -2.25. The summed E-state index contributed by atoms with van der Waals surface area (Å²) >= 11 is 1.83. The Morgan fingerprint density at radius 1 is 1.31 bits per heavy atom. The minimum absolute atomic E-state index is 0.334. The zero-order valence-electron chi connectivity index (χ0n) is 11.3. The summed E-state index contributed by atoms with van der Waals surface area (Å²) in [5, 5.41) is 4.79. The Kier molecular flexibility index (Phi) is 4.51. The van der Waals surface area contributed by atoms with Gasteiger partial charge in [-0.15, -0.1) is 11.3 Å². The molecule has 0 aromatic carbocycles. The fraction of sp³-hybridized carbons (Fsp3) is 0.769. The molecular formula is C13H24N2S. The van der Waals surface area contributed by atoms with E-state index in [1.165, 1.54) is 15.6 Å². The first-order valence-corrected chi connectivity index (χ1v) is 6.82. The van der Waals surface area contributed by atoms with Crippen molar-refractivity contribution in [3.8, 4) is 0 Å². The highest BCUT2D eigenvalue weighted by Crippen LogP contribution is 2.32. The molecule has 1 rings (SSSR count). The Morgan fingerprint density at radius 2 is 1.94 bits per heavy atom. The molecule has 0 aliphatic heterocycles. The van der Waals surface area contributed by atoms with Crippen LogP contribution in [0.1, 0.15) is 55.7 Å². The van der Waals surface area contributed by atoms with Crippen LogP contribution in [-0.4, -0.2) is 11.5 Å². The molecule has 92 valence electrons. The van der Waals surface area contributed by atoms with Gasteiger partial charge in [-0.05, 0) is 32.2 Å².